The first-order valence-corrected chi connectivity index (χ1v) is 11.9. The fourth-order valence-corrected chi connectivity index (χ4v) is 5.50. The topological polar surface area (TPSA) is 211 Å². The van der Waals surface area contributed by atoms with Crippen molar-refractivity contribution >= 4 is 28.9 Å². The van der Waals surface area contributed by atoms with Crippen molar-refractivity contribution in [1.82, 2.24) is 0 Å². The highest BCUT2D eigenvalue weighted by Gasteiger charge is 2.34. The molecule has 0 spiro atoms. The molecule has 0 fully saturated rings. The van der Waals surface area contributed by atoms with Crippen LogP contribution in [0.25, 0.3) is 0 Å². The number of hydrogen-bond acceptors (Lipinski definition) is 9. The van der Waals surface area contributed by atoms with Gasteiger partial charge in [0.25, 0.3) is 5.69 Å². The summed E-state index contributed by atoms with van der Waals surface area (Å²) >= 11 is 0. The van der Waals surface area contributed by atoms with Crippen LogP contribution in [0.1, 0.15) is 23.6 Å². The Labute approximate surface area is 170 Å². The monoisotopic (exact) mass is 462 g/mol. The first kappa shape index (κ1) is 23.7. The number of aliphatic hydroxyl groups is 1. The van der Waals surface area contributed by atoms with E-state index >= 15 is 0 Å². The van der Waals surface area contributed by atoms with Gasteiger partial charge in [0.1, 0.15) is 22.5 Å². The molecule has 0 amide bonds. The van der Waals surface area contributed by atoms with Crippen LogP contribution >= 0.6 is 7.37 Å². The Bertz CT molecular complexity index is 1080. The minimum Gasteiger partial charge on any atom is -0.480 e. The van der Waals surface area contributed by atoms with Gasteiger partial charge in [-0.2, -0.15) is 0 Å². The van der Waals surface area contributed by atoms with E-state index in [0.29, 0.717) is 6.07 Å². The molecular weight excluding hydrogens is 443 g/mol. The van der Waals surface area contributed by atoms with Crippen LogP contribution in [0.5, 0.6) is 0 Å². The Morgan fingerprint density at radius 2 is 2.00 bits per heavy atom. The van der Waals surface area contributed by atoms with Gasteiger partial charge in [-0.25, -0.2) is 8.42 Å². The van der Waals surface area contributed by atoms with E-state index in [1.54, 1.807) is 0 Å². The molecular formula is C16H19N2O10PS. The number of nitro benzene ring substituents is 1. The van der Waals surface area contributed by atoms with Crippen molar-refractivity contribution in [3.05, 3.63) is 58.0 Å². The summed E-state index contributed by atoms with van der Waals surface area (Å²) in [5, 5.41) is 30.4. The smallest absolute Gasteiger partial charge is 0.320 e. The zero-order valence-electron chi connectivity index (χ0n) is 15.3. The van der Waals surface area contributed by atoms with Crippen molar-refractivity contribution in [3.8, 4) is 0 Å². The normalized spacial score (nSPS) is 15.8. The molecule has 3 atom stereocenters. The first-order valence-electron chi connectivity index (χ1n) is 8.36. The summed E-state index contributed by atoms with van der Waals surface area (Å²) in [5.41, 5.74) is 4.02. The summed E-state index contributed by atoms with van der Waals surface area (Å²) in [6, 6.07) is 3.94. The zero-order valence-corrected chi connectivity index (χ0v) is 17.0. The number of nitrogens with zero attached hydrogens (tertiary/aromatic N) is 1. The summed E-state index contributed by atoms with van der Waals surface area (Å²) < 4.78 is 42.4. The summed E-state index contributed by atoms with van der Waals surface area (Å²) in [5.74, 6) is -4.08. The Kier molecular flexibility index (Phi) is 7.16. The van der Waals surface area contributed by atoms with E-state index in [2.05, 4.69) is 0 Å². The minimum absolute atomic E-state index is 0.0584. The number of furan rings is 1. The second kappa shape index (κ2) is 9.06. The van der Waals surface area contributed by atoms with Crippen molar-refractivity contribution in [2.45, 2.75) is 29.0 Å². The Hall–Kier alpha value is -2.57. The number of aliphatic carboxylic acids is 1. The third-order valence-corrected chi connectivity index (χ3v) is 7.83. The molecule has 12 nitrogen and oxygen atoms in total. The summed E-state index contributed by atoms with van der Waals surface area (Å²) in [4.78, 5) is 30.5. The third kappa shape index (κ3) is 5.52. The summed E-state index contributed by atoms with van der Waals surface area (Å²) in [6.07, 6.45) is 0.166. The van der Waals surface area contributed by atoms with Gasteiger partial charge < -0.3 is 25.3 Å². The van der Waals surface area contributed by atoms with Crippen LogP contribution in [-0.4, -0.2) is 46.6 Å². The lowest BCUT2D eigenvalue weighted by atomic mass is 10.2. The molecule has 0 radical (unpaired) electrons. The van der Waals surface area contributed by atoms with Gasteiger partial charge in [-0.3, -0.25) is 19.5 Å². The van der Waals surface area contributed by atoms with Crippen LogP contribution in [0.2, 0.25) is 0 Å². The number of nitrogens with two attached hydrogens (primary N) is 1. The van der Waals surface area contributed by atoms with E-state index in [-0.39, 0.29) is 11.3 Å². The highest BCUT2D eigenvalue weighted by Crippen LogP contribution is 2.55. The standard InChI is InChI=1S/C16H19N2O10PS/c17-12(15(19)20)5-7-29(24,25)16(21)10-3-4-14(13(8-10)18(22)23)30(26,27)9-11-2-1-6-28-11/h1-4,6,8,12,16,21H,5,7,9,17H2,(H,19,20)(H,24,25)/t12-,16?/m0/s1. The molecule has 30 heavy (non-hydrogen) atoms. The van der Waals surface area contributed by atoms with E-state index in [1.165, 1.54) is 18.4 Å². The maximum Gasteiger partial charge on any atom is 0.320 e. The molecule has 14 heteroatoms. The van der Waals surface area contributed by atoms with Gasteiger partial charge in [0.05, 0.1) is 11.2 Å². The van der Waals surface area contributed by atoms with Crippen molar-refractivity contribution in [1.29, 1.82) is 0 Å². The Balaban J connectivity index is 2.35. The maximum absolute atomic E-state index is 12.5. The molecule has 2 aromatic rings. The largest absolute Gasteiger partial charge is 0.480 e. The van der Waals surface area contributed by atoms with Gasteiger partial charge in [-0.05, 0) is 30.2 Å². The predicted octanol–water partition coefficient (Wildman–Crippen LogP) is 1.22. The lowest BCUT2D eigenvalue weighted by Crippen LogP contribution is -2.31. The molecule has 0 saturated heterocycles. The van der Waals surface area contributed by atoms with E-state index in [9.17, 15) is 37.9 Å². The maximum atomic E-state index is 12.5. The van der Waals surface area contributed by atoms with Crippen LogP contribution in [0.3, 0.4) is 0 Å². The average molecular weight is 462 g/mol. The Morgan fingerprint density at radius 1 is 1.33 bits per heavy atom. The molecule has 0 saturated carbocycles. The molecule has 0 aliphatic heterocycles. The van der Waals surface area contributed by atoms with Crippen LogP contribution < -0.4 is 5.73 Å². The van der Waals surface area contributed by atoms with Gasteiger partial charge in [0, 0.05) is 12.2 Å². The SMILES string of the molecule is N[C@@H](CCP(=O)(O)C(O)c1ccc(S(=O)(=O)Cc2ccco2)c([N+](=O)[O-])c1)C(=O)O. The van der Waals surface area contributed by atoms with Crippen molar-refractivity contribution < 1.29 is 42.2 Å². The number of sulfone groups is 1. The number of nitro groups is 1. The summed E-state index contributed by atoms with van der Waals surface area (Å²) in [7, 11) is -8.62. The van der Waals surface area contributed by atoms with E-state index in [1.807, 2.05) is 0 Å². The quantitative estimate of drug-likeness (QED) is 0.224. The summed E-state index contributed by atoms with van der Waals surface area (Å²) in [6.45, 7) is 0. The molecule has 1 heterocycles. The fraction of sp³-hybridized carbons (Fsp3) is 0.312. The molecule has 0 aliphatic rings. The second-order valence-corrected chi connectivity index (χ2v) is 10.8. The van der Waals surface area contributed by atoms with Crippen LogP contribution in [0, 0.1) is 10.1 Å². The molecule has 1 aromatic carbocycles. The molecule has 0 bridgehead atoms. The number of rotatable bonds is 10. The number of carboxylic acid groups (broad SMARTS) is 1. The van der Waals surface area contributed by atoms with Crippen molar-refractivity contribution in [2.24, 2.45) is 5.73 Å². The molecule has 2 unspecified atom stereocenters. The number of hydrogen-bond donors (Lipinski definition) is 4. The van der Waals surface area contributed by atoms with Gasteiger partial charge in [-0.1, -0.05) is 6.07 Å². The predicted molar refractivity (Wildman–Crippen MR) is 103 cm³/mol. The molecule has 1 aromatic heterocycles. The molecule has 0 aliphatic carbocycles. The van der Waals surface area contributed by atoms with E-state index < -0.39 is 68.9 Å². The van der Waals surface area contributed by atoms with Gasteiger partial charge >= 0.3 is 5.97 Å². The lowest BCUT2D eigenvalue weighted by Gasteiger charge is -2.19. The molecule has 5 N–H and O–H groups in total. The zero-order chi connectivity index (χ0) is 22.7. The number of benzene rings is 1. The van der Waals surface area contributed by atoms with Crippen LogP contribution in [0.4, 0.5) is 5.69 Å². The van der Waals surface area contributed by atoms with Crippen LogP contribution in [-0.2, 0) is 24.9 Å². The van der Waals surface area contributed by atoms with Gasteiger partial charge in [-0.15, -0.1) is 0 Å². The molecule has 164 valence electrons. The minimum atomic E-state index is -4.43. The number of carbonyl (C=O) groups is 1. The second-order valence-electron chi connectivity index (χ2n) is 6.41. The highest BCUT2D eigenvalue weighted by molar-refractivity contribution is 7.90. The van der Waals surface area contributed by atoms with E-state index in [0.717, 1.165) is 12.1 Å². The van der Waals surface area contributed by atoms with Crippen LogP contribution in [0.15, 0.2) is 45.9 Å². The number of carboxylic acids is 1. The third-order valence-electron chi connectivity index (χ3n) is 4.19. The lowest BCUT2D eigenvalue weighted by molar-refractivity contribution is -0.387. The average Bonchev–Trinajstić information content (AvgIpc) is 3.17. The Morgan fingerprint density at radius 3 is 2.53 bits per heavy atom. The first-order chi connectivity index (χ1) is 13.8. The fourth-order valence-electron chi connectivity index (χ4n) is 2.56. The van der Waals surface area contributed by atoms with Gasteiger partial charge in [0.2, 0.25) is 7.37 Å². The van der Waals surface area contributed by atoms with Crippen molar-refractivity contribution in [2.75, 3.05) is 6.16 Å². The van der Waals surface area contributed by atoms with Gasteiger partial charge in [0.15, 0.2) is 15.7 Å². The van der Waals surface area contributed by atoms with Crippen molar-refractivity contribution in [3.63, 3.8) is 0 Å². The number of aliphatic hydroxyl groups excluding tert-OH is 1. The van der Waals surface area contributed by atoms with E-state index in [4.69, 9.17) is 15.3 Å². The highest BCUT2D eigenvalue weighted by atomic mass is 32.2. The molecule has 2 rings (SSSR count).